The molecule has 2 rings (SSSR count). The maximum atomic E-state index is 11.4. The highest BCUT2D eigenvalue weighted by Gasteiger charge is 2.24. The van der Waals surface area contributed by atoms with Crippen molar-refractivity contribution in [2.45, 2.75) is 26.4 Å². The molecule has 1 aromatic rings. The molecule has 0 aliphatic carbocycles. The minimum atomic E-state index is -0.885. The summed E-state index contributed by atoms with van der Waals surface area (Å²) in [7, 11) is 0. The van der Waals surface area contributed by atoms with E-state index in [1.165, 1.54) is 0 Å². The first-order valence-electron chi connectivity index (χ1n) is 7.30. The van der Waals surface area contributed by atoms with Crippen molar-refractivity contribution in [2.75, 3.05) is 37.6 Å². The summed E-state index contributed by atoms with van der Waals surface area (Å²) in [6.45, 7) is 9.44. The van der Waals surface area contributed by atoms with Gasteiger partial charge in [-0.2, -0.15) is 0 Å². The molecule has 1 aromatic carbocycles. The molecule has 116 valence electrons. The Labute approximate surface area is 125 Å². The van der Waals surface area contributed by atoms with E-state index in [1.807, 2.05) is 32.9 Å². The van der Waals surface area contributed by atoms with Gasteiger partial charge >= 0.3 is 5.97 Å². The average Bonchev–Trinajstić information content (AvgIpc) is 2.37. The van der Waals surface area contributed by atoms with Gasteiger partial charge in [0.15, 0.2) is 0 Å². The van der Waals surface area contributed by atoms with E-state index in [0.717, 1.165) is 37.4 Å². The number of nitrogens with zero attached hydrogens (tertiary/aromatic N) is 2. The molecule has 0 radical (unpaired) electrons. The zero-order chi connectivity index (χ0) is 15.6. The number of aliphatic hydroxyl groups is 1. The molecule has 0 spiro atoms. The second-order valence-corrected chi connectivity index (χ2v) is 6.40. The van der Waals surface area contributed by atoms with Gasteiger partial charge in [0.2, 0.25) is 0 Å². The summed E-state index contributed by atoms with van der Waals surface area (Å²) in [5, 5.41) is 19.2. The van der Waals surface area contributed by atoms with Crippen LogP contribution in [0.5, 0.6) is 0 Å². The summed E-state index contributed by atoms with van der Waals surface area (Å²) in [5.41, 5.74) is 1.52. The number of benzene rings is 1. The third-order valence-electron chi connectivity index (χ3n) is 3.71. The number of anilines is 1. The highest BCUT2D eigenvalue weighted by molar-refractivity contribution is 5.94. The molecular weight excluding hydrogens is 268 g/mol. The molecule has 0 amide bonds. The van der Waals surface area contributed by atoms with Gasteiger partial charge in [-0.3, -0.25) is 4.90 Å². The first kappa shape index (κ1) is 15.8. The monoisotopic (exact) mass is 292 g/mol. The predicted octanol–water partition coefficient (Wildman–Crippen LogP) is 1.59. The van der Waals surface area contributed by atoms with Crippen LogP contribution in [0.25, 0.3) is 0 Å². The van der Waals surface area contributed by atoms with Crippen LogP contribution in [-0.4, -0.2) is 59.4 Å². The first-order valence-corrected chi connectivity index (χ1v) is 7.30. The van der Waals surface area contributed by atoms with E-state index in [9.17, 15) is 15.0 Å². The molecule has 1 saturated heterocycles. The number of aromatic carboxylic acids is 1. The molecule has 1 fully saturated rings. The van der Waals surface area contributed by atoms with Gasteiger partial charge in [-0.25, -0.2) is 4.79 Å². The zero-order valence-corrected chi connectivity index (χ0v) is 13.0. The maximum Gasteiger partial charge on any atom is 0.337 e. The Balaban J connectivity index is 2.09. The molecule has 1 aliphatic rings. The molecule has 0 unspecified atom stereocenters. The van der Waals surface area contributed by atoms with Crippen LogP contribution in [0.4, 0.5) is 5.69 Å². The lowest BCUT2D eigenvalue weighted by Gasteiger charge is -2.38. The van der Waals surface area contributed by atoms with Crippen molar-refractivity contribution in [1.82, 2.24) is 4.90 Å². The van der Waals surface area contributed by atoms with E-state index in [4.69, 9.17) is 0 Å². The van der Waals surface area contributed by atoms with Crippen molar-refractivity contribution in [3.05, 3.63) is 29.3 Å². The predicted molar refractivity (Wildman–Crippen MR) is 83.1 cm³/mol. The van der Waals surface area contributed by atoms with Gasteiger partial charge in [0.25, 0.3) is 0 Å². The Bertz CT molecular complexity index is 515. The van der Waals surface area contributed by atoms with Crippen molar-refractivity contribution in [3.8, 4) is 0 Å². The van der Waals surface area contributed by atoms with Gasteiger partial charge in [0.1, 0.15) is 0 Å². The lowest BCUT2D eigenvalue weighted by atomic mass is 10.1. The Morgan fingerprint density at radius 2 is 1.86 bits per heavy atom. The van der Waals surface area contributed by atoms with Gasteiger partial charge in [-0.1, -0.05) is 6.07 Å². The third-order valence-corrected chi connectivity index (χ3v) is 3.71. The SMILES string of the molecule is Cc1ccc(C(=O)O)c(N2CCN(CC(C)(C)O)CC2)c1. The van der Waals surface area contributed by atoms with Gasteiger partial charge in [0, 0.05) is 32.7 Å². The van der Waals surface area contributed by atoms with Gasteiger partial charge < -0.3 is 15.1 Å². The fourth-order valence-corrected chi connectivity index (χ4v) is 2.78. The molecule has 5 heteroatoms. The zero-order valence-electron chi connectivity index (χ0n) is 13.0. The minimum absolute atomic E-state index is 0.358. The number of hydrogen-bond donors (Lipinski definition) is 2. The molecule has 1 aliphatic heterocycles. The summed E-state index contributed by atoms with van der Waals surface area (Å²) >= 11 is 0. The molecule has 0 bridgehead atoms. The molecule has 21 heavy (non-hydrogen) atoms. The smallest absolute Gasteiger partial charge is 0.337 e. The summed E-state index contributed by atoms with van der Waals surface area (Å²) in [5.74, 6) is -0.885. The summed E-state index contributed by atoms with van der Waals surface area (Å²) < 4.78 is 0. The number of carbonyl (C=O) groups is 1. The van der Waals surface area contributed by atoms with E-state index < -0.39 is 11.6 Å². The summed E-state index contributed by atoms with van der Waals surface area (Å²) in [6.07, 6.45) is 0. The van der Waals surface area contributed by atoms with Crippen LogP contribution in [0.1, 0.15) is 29.8 Å². The Kier molecular flexibility index (Phi) is 4.54. The molecule has 0 saturated carbocycles. The standard InChI is InChI=1S/C16H24N2O3/c1-12-4-5-13(15(19)20)14(10-12)18-8-6-17(7-9-18)11-16(2,3)21/h4-5,10,21H,6-9,11H2,1-3H3,(H,19,20). The van der Waals surface area contributed by atoms with E-state index in [1.54, 1.807) is 6.07 Å². The van der Waals surface area contributed by atoms with Crippen molar-refractivity contribution >= 4 is 11.7 Å². The second-order valence-electron chi connectivity index (χ2n) is 6.40. The second kappa shape index (κ2) is 6.03. The highest BCUT2D eigenvalue weighted by atomic mass is 16.4. The Morgan fingerprint density at radius 1 is 1.24 bits per heavy atom. The van der Waals surface area contributed by atoms with Crippen LogP contribution in [0, 0.1) is 6.92 Å². The summed E-state index contributed by atoms with van der Waals surface area (Å²) in [6, 6.07) is 5.45. The number of carboxylic acids is 1. The van der Waals surface area contributed by atoms with Gasteiger partial charge in [-0.05, 0) is 38.5 Å². The van der Waals surface area contributed by atoms with Gasteiger partial charge in [-0.15, -0.1) is 0 Å². The van der Waals surface area contributed by atoms with Crippen molar-refractivity contribution in [2.24, 2.45) is 0 Å². The van der Waals surface area contributed by atoms with Crippen molar-refractivity contribution in [1.29, 1.82) is 0 Å². The van der Waals surface area contributed by atoms with Crippen LogP contribution in [0.2, 0.25) is 0 Å². The van der Waals surface area contributed by atoms with Crippen LogP contribution in [0.3, 0.4) is 0 Å². The first-order chi connectivity index (χ1) is 9.76. The molecule has 0 atom stereocenters. The minimum Gasteiger partial charge on any atom is -0.478 e. The van der Waals surface area contributed by atoms with Crippen LogP contribution in [0.15, 0.2) is 18.2 Å². The fraction of sp³-hybridized carbons (Fsp3) is 0.562. The molecule has 5 nitrogen and oxygen atoms in total. The highest BCUT2D eigenvalue weighted by Crippen LogP contribution is 2.24. The third kappa shape index (κ3) is 4.19. The van der Waals surface area contributed by atoms with E-state index in [0.29, 0.717) is 12.1 Å². The van der Waals surface area contributed by atoms with Gasteiger partial charge in [0.05, 0.1) is 16.9 Å². The van der Waals surface area contributed by atoms with E-state index in [2.05, 4.69) is 9.80 Å². The lowest BCUT2D eigenvalue weighted by molar-refractivity contribution is 0.0345. The normalized spacial score (nSPS) is 17.0. The van der Waals surface area contributed by atoms with Crippen molar-refractivity contribution < 1.29 is 15.0 Å². The number of rotatable bonds is 4. The van der Waals surface area contributed by atoms with Crippen LogP contribution >= 0.6 is 0 Å². The van der Waals surface area contributed by atoms with Crippen LogP contribution < -0.4 is 4.90 Å². The number of aryl methyl sites for hydroxylation is 1. The van der Waals surface area contributed by atoms with E-state index in [-0.39, 0.29) is 0 Å². The number of carboxylic acid groups (broad SMARTS) is 1. The number of piperazine rings is 1. The largest absolute Gasteiger partial charge is 0.478 e. The molecule has 1 heterocycles. The van der Waals surface area contributed by atoms with E-state index >= 15 is 0 Å². The Hall–Kier alpha value is -1.59. The number of β-amino-alcohol motifs (C(OH)–C–C–N with tert-alkyl or cyclic N) is 1. The molecule has 2 N–H and O–H groups in total. The maximum absolute atomic E-state index is 11.4. The summed E-state index contributed by atoms with van der Waals surface area (Å²) in [4.78, 5) is 15.7. The van der Waals surface area contributed by atoms with Crippen LogP contribution in [-0.2, 0) is 0 Å². The fourth-order valence-electron chi connectivity index (χ4n) is 2.78. The molecule has 0 aromatic heterocycles. The molecular formula is C16H24N2O3. The average molecular weight is 292 g/mol. The number of hydrogen-bond acceptors (Lipinski definition) is 4. The Morgan fingerprint density at radius 3 is 2.38 bits per heavy atom. The van der Waals surface area contributed by atoms with Crippen molar-refractivity contribution in [3.63, 3.8) is 0 Å². The quantitative estimate of drug-likeness (QED) is 0.882. The lowest BCUT2D eigenvalue weighted by Crippen LogP contribution is -2.50. The topological polar surface area (TPSA) is 64.0 Å².